The summed E-state index contributed by atoms with van der Waals surface area (Å²) in [5, 5.41) is 0. The largest absolute Gasteiger partial charge is 0.455 e. The topological polar surface area (TPSA) is 109 Å². The molecule has 0 spiro atoms. The molecule has 2 saturated heterocycles. The van der Waals surface area contributed by atoms with Gasteiger partial charge in [-0.15, -0.1) is 0 Å². The van der Waals surface area contributed by atoms with Crippen LogP contribution in [0, 0.1) is 0 Å². The van der Waals surface area contributed by atoms with Crippen LogP contribution in [0.4, 0.5) is 20.5 Å². The molecule has 0 saturated carbocycles. The van der Waals surface area contributed by atoms with Crippen molar-refractivity contribution in [1.82, 2.24) is 19.9 Å². The molecule has 2 aliphatic heterocycles. The van der Waals surface area contributed by atoms with Crippen molar-refractivity contribution >= 4 is 11.8 Å². The van der Waals surface area contributed by atoms with Gasteiger partial charge in [0, 0.05) is 17.3 Å². The van der Waals surface area contributed by atoms with Gasteiger partial charge in [-0.05, 0) is 19.9 Å². The SMILES string of the molecule is C[C@@H]1COC[C@H](C)N1c1nc(OC2COC2)nc(-c2cnc(N)cc2C(F)F)n1. The van der Waals surface area contributed by atoms with Crippen molar-refractivity contribution in [2.75, 3.05) is 37.1 Å². The Morgan fingerprint density at radius 1 is 1.10 bits per heavy atom. The van der Waals surface area contributed by atoms with Gasteiger partial charge in [0.2, 0.25) is 5.95 Å². The normalized spacial score (nSPS) is 22.6. The predicted octanol–water partition coefficient (Wildman–Crippen LogP) is 1.84. The van der Waals surface area contributed by atoms with E-state index in [0.717, 1.165) is 6.07 Å². The van der Waals surface area contributed by atoms with Gasteiger partial charge in [-0.1, -0.05) is 0 Å². The van der Waals surface area contributed by atoms with Crippen molar-refractivity contribution in [2.45, 2.75) is 38.5 Å². The molecule has 0 radical (unpaired) electrons. The number of alkyl halides is 2. The number of hydrogen-bond acceptors (Lipinski definition) is 9. The number of nitrogens with zero attached hydrogens (tertiary/aromatic N) is 5. The van der Waals surface area contributed by atoms with E-state index in [2.05, 4.69) is 19.9 Å². The molecule has 0 bridgehead atoms. The highest BCUT2D eigenvalue weighted by Gasteiger charge is 2.30. The minimum atomic E-state index is -2.76. The highest BCUT2D eigenvalue weighted by atomic mass is 19.3. The third kappa shape index (κ3) is 4.06. The van der Waals surface area contributed by atoms with Gasteiger partial charge in [-0.2, -0.15) is 15.0 Å². The summed E-state index contributed by atoms with van der Waals surface area (Å²) in [6.45, 7) is 5.82. The zero-order valence-electron chi connectivity index (χ0n) is 16.1. The average molecular weight is 408 g/mol. The number of ether oxygens (including phenoxy) is 3. The maximum atomic E-state index is 13.6. The average Bonchev–Trinajstić information content (AvgIpc) is 2.64. The van der Waals surface area contributed by atoms with E-state index in [1.165, 1.54) is 6.20 Å². The zero-order valence-corrected chi connectivity index (χ0v) is 16.1. The fourth-order valence-electron chi connectivity index (χ4n) is 3.32. The first-order valence-electron chi connectivity index (χ1n) is 9.33. The molecule has 2 fully saturated rings. The van der Waals surface area contributed by atoms with Crippen molar-refractivity contribution in [3.05, 3.63) is 17.8 Å². The highest BCUT2D eigenvalue weighted by Crippen LogP contribution is 2.32. The molecule has 11 heteroatoms. The fraction of sp³-hybridized carbons (Fsp3) is 0.556. The lowest BCUT2D eigenvalue weighted by Gasteiger charge is -2.38. The number of pyridine rings is 1. The minimum absolute atomic E-state index is 0.00292. The molecule has 156 valence electrons. The van der Waals surface area contributed by atoms with Crippen LogP contribution >= 0.6 is 0 Å². The highest BCUT2D eigenvalue weighted by molar-refractivity contribution is 5.63. The minimum Gasteiger partial charge on any atom is -0.455 e. The number of nitrogen functional groups attached to an aromatic ring is 1. The number of anilines is 2. The number of morpholine rings is 1. The molecule has 0 aromatic carbocycles. The molecule has 0 aliphatic carbocycles. The van der Waals surface area contributed by atoms with Gasteiger partial charge in [0.1, 0.15) is 11.9 Å². The van der Waals surface area contributed by atoms with Crippen LogP contribution in [0.3, 0.4) is 0 Å². The number of aromatic nitrogens is 4. The second-order valence-corrected chi connectivity index (χ2v) is 7.16. The van der Waals surface area contributed by atoms with E-state index < -0.39 is 6.43 Å². The van der Waals surface area contributed by atoms with Gasteiger partial charge < -0.3 is 24.8 Å². The first-order chi connectivity index (χ1) is 13.9. The maximum absolute atomic E-state index is 13.6. The Balaban J connectivity index is 1.80. The summed E-state index contributed by atoms with van der Waals surface area (Å²) in [6.07, 6.45) is -1.70. The van der Waals surface area contributed by atoms with E-state index in [4.69, 9.17) is 19.9 Å². The number of nitrogens with two attached hydrogens (primary N) is 1. The fourth-order valence-corrected chi connectivity index (χ4v) is 3.32. The third-order valence-corrected chi connectivity index (χ3v) is 4.81. The van der Waals surface area contributed by atoms with Crippen LogP contribution < -0.4 is 15.4 Å². The molecule has 4 rings (SSSR count). The first kappa shape index (κ1) is 19.6. The summed E-state index contributed by atoms with van der Waals surface area (Å²) < 4.78 is 43.7. The summed E-state index contributed by atoms with van der Waals surface area (Å²) in [7, 11) is 0. The van der Waals surface area contributed by atoms with Crippen LogP contribution in [0.2, 0.25) is 0 Å². The molecule has 29 heavy (non-hydrogen) atoms. The predicted molar refractivity (Wildman–Crippen MR) is 99.9 cm³/mol. The molecule has 0 amide bonds. The number of halogens is 2. The molecular weight excluding hydrogens is 386 g/mol. The molecule has 2 aliphatic rings. The Hall–Kier alpha value is -2.66. The Morgan fingerprint density at radius 2 is 1.79 bits per heavy atom. The van der Waals surface area contributed by atoms with Crippen LogP contribution in [-0.2, 0) is 9.47 Å². The van der Waals surface area contributed by atoms with Gasteiger partial charge in [-0.25, -0.2) is 13.8 Å². The van der Waals surface area contributed by atoms with Gasteiger partial charge in [-0.3, -0.25) is 0 Å². The monoisotopic (exact) mass is 408 g/mol. The lowest BCUT2D eigenvalue weighted by molar-refractivity contribution is -0.0831. The third-order valence-electron chi connectivity index (χ3n) is 4.81. The number of hydrogen-bond donors (Lipinski definition) is 1. The van der Waals surface area contributed by atoms with Crippen LogP contribution in [0.5, 0.6) is 6.01 Å². The van der Waals surface area contributed by atoms with Crippen molar-refractivity contribution in [3.8, 4) is 17.4 Å². The van der Waals surface area contributed by atoms with Crippen molar-refractivity contribution in [3.63, 3.8) is 0 Å². The van der Waals surface area contributed by atoms with E-state index in [-0.39, 0.29) is 47.0 Å². The molecule has 2 N–H and O–H groups in total. The van der Waals surface area contributed by atoms with E-state index in [1.54, 1.807) is 0 Å². The van der Waals surface area contributed by atoms with Crippen molar-refractivity contribution < 1.29 is 23.0 Å². The molecule has 2 aromatic rings. The molecule has 4 heterocycles. The first-order valence-corrected chi connectivity index (χ1v) is 9.33. The standard InChI is InChI=1S/C18H22F2N6O3/c1-9-5-27-6-10(2)26(9)17-23-16(24-18(25-17)29-11-7-28-8-11)13-4-22-14(21)3-12(13)15(19)20/h3-4,9-11,15H,5-8H2,1-2H3,(H2,21,22)/t9-,10+. The molecule has 0 unspecified atom stereocenters. The van der Waals surface area contributed by atoms with E-state index >= 15 is 0 Å². The summed E-state index contributed by atoms with van der Waals surface area (Å²) in [6, 6.07) is 1.17. The quantitative estimate of drug-likeness (QED) is 0.793. The molecular formula is C18H22F2N6O3. The van der Waals surface area contributed by atoms with Crippen molar-refractivity contribution in [1.29, 1.82) is 0 Å². The molecule has 2 atom stereocenters. The van der Waals surface area contributed by atoms with Crippen LogP contribution in [0.25, 0.3) is 11.4 Å². The Bertz CT molecular complexity index is 873. The van der Waals surface area contributed by atoms with E-state index in [9.17, 15) is 8.78 Å². The zero-order chi connectivity index (χ0) is 20.5. The molecule has 9 nitrogen and oxygen atoms in total. The van der Waals surface area contributed by atoms with E-state index in [0.29, 0.717) is 32.4 Å². The van der Waals surface area contributed by atoms with E-state index in [1.807, 2.05) is 18.7 Å². The smallest absolute Gasteiger partial charge is 0.322 e. The van der Waals surface area contributed by atoms with Gasteiger partial charge in [0.15, 0.2) is 5.82 Å². The van der Waals surface area contributed by atoms with Crippen molar-refractivity contribution in [2.24, 2.45) is 0 Å². The maximum Gasteiger partial charge on any atom is 0.322 e. The Kier molecular flexibility index (Phi) is 5.41. The second kappa shape index (κ2) is 7.99. The van der Waals surface area contributed by atoms with Gasteiger partial charge in [0.05, 0.1) is 38.5 Å². The van der Waals surface area contributed by atoms with Gasteiger partial charge >= 0.3 is 6.01 Å². The summed E-state index contributed by atoms with van der Waals surface area (Å²) in [4.78, 5) is 19.1. The van der Waals surface area contributed by atoms with Crippen LogP contribution in [-0.4, -0.2) is 64.6 Å². The lowest BCUT2D eigenvalue weighted by atomic mass is 10.1. The summed E-state index contributed by atoms with van der Waals surface area (Å²) in [5.41, 5.74) is 5.38. The molecule has 2 aromatic heterocycles. The number of rotatable bonds is 5. The van der Waals surface area contributed by atoms with Gasteiger partial charge in [0.25, 0.3) is 6.43 Å². The Labute approximate surface area is 166 Å². The van der Waals surface area contributed by atoms with Crippen LogP contribution in [0.15, 0.2) is 12.3 Å². The Morgan fingerprint density at radius 3 is 2.41 bits per heavy atom. The van der Waals surface area contributed by atoms with Crippen LogP contribution in [0.1, 0.15) is 25.8 Å². The summed E-state index contributed by atoms with van der Waals surface area (Å²) in [5.74, 6) is 0.390. The second-order valence-electron chi connectivity index (χ2n) is 7.16. The summed E-state index contributed by atoms with van der Waals surface area (Å²) >= 11 is 0. The lowest BCUT2D eigenvalue weighted by Crippen LogP contribution is -2.50.